The molecule has 2 aromatic rings. The fourth-order valence-corrected chi connectivity index (χ4v) is 5.70. The van der Waals surface area contributed by atoms with E-state index in [1.807, 2.05) is 18.2 Å². The van der Waals surface area contributed by atoms with Gasteiger partial charge in [0.2, 0.25) is 22.7 Å². The molecule has 11 heteroatoms. The second-order valence-corrected chi connectivity index (χ2v) is 10.6. The summed E-state index contributed by atoms with van der Waals surface area (Å²) in [6.45, 7) is 4.95. The van der Waals surface area contributed by atoms with Crippen LogP contribution in [0.3, 0.4) is 0 Å². The first-order chi connectivity index (χ1) is 16.2. The SMILES string of the molecule is COc1ccc(N(C(C)C(=O)N2CCN(Cc3ccc4c(c3)OCO4)CC2)S(C)(=O)=O)cc1Cl. The van der Waals surface area contributed by atoms with Crippen molar-refractivity contribution in [3.63, 3.8) is 0 Å². The van der Waals surface area contributed by atoms with Gasteiger partial charge in [0.05, 0.1) is 24.1 Å². The topological polar surface area (TPSA) is 88.6 Å². The second-order valence-electron chi connectivity index (χ2n) is 8.34. The molecule has 4 rings (SSSR count). The van der Waals surface area contributed by atoms with Gasteiger partial charge in [-0.15, -0.1) is 0 Å². The number of benzene rings is 2. The van der Waals surface area contributed by atoms with Crippen LogP contribution in [-0.4, -0.2) is 76.5 Å². The summed E-state index contributed by atoms with van der Waals surface area (Å²) in [4.78, 5) is 17.2. The molecule has 0 radical (unpaired) electrons. The van der Waals surface area contributed by atoms with Crippen LogP contribution in [0.4, 0.5) is 5.69 Å². The Morgan fingerprint density at radius 1 is 1.12 bits per heavy atom. The minimum absolute atomic E-state index is 0.241. The first-order valence-corrected chi connectivity index (χ1v) is 13.1. The fourth-order valence-electron chi connectivity index (χ4n) is 4.28. The highest BCUT2D eigenvalue weighted by Crippen LogP contribution is 2.33. The van der Waals surface area contributed by atoms with Crippen LogP contribution in [0.1, 0.15) is 12.5 Å². The maximum atomic E-state index is 13.3. The number of hydrogen-bond donors (Lipinski definition) is 0. The van der Waals surface area contributed by atoms with Crippen molar-refractivity contribution < 1.29 is 27.4 Å². The predicted octanol–water partition coefficient (Wildman–Crippen LogP) is 2.58. The van der Waals surface area contributed by atoms with Crippen molar-refractivity contribution in [2.45, 2.75) is 19.5 Å². The number of piperazine rings is 1. The van der Waals surface area contributed by atoms with Gasteiger partial charge in [-0.25, -0.2) is 8.42 Å². The molecule has 1 amide bonds. The summed E-state index contributed by atoms with van der Waals surface area (Å²) in [5.74, 6) is 1.68. The van der Waals surface area contributed by atoms with Gasteiger partial charge in [-0.3, -0.25) is 14.0 Å². The first-order valence-electron chi connectivity index (χ1n) is 10.9. The summed E-state index contributed by atoms with van der Waals surface area (Å²) >= 11 is 6.21. The van der Waals surface area contributed by atoms with Crippen molar-refractivity contribution in [2.24, 2.45) is 0 Å². The Hall–Kier alpha value is -2.69. The standard InChI is InChI=1S/C23H28ClN3O6S/c1-16(27(34(3,29)30)18-5-7-20(31-2)19(24)13-18)23(28)26-10-8-25(9-11-26)14-17-4-6-21-22(12-17)33-15-32-21/h4-7,12-13,16H,8-11,14-15H2,1-3H3. The highest BCUT2D eigenvalue weighted by Gasteiger charge is 2.33. The van der Waals surface area contributed by atoms with E-state index in [-0.39, 0.29) is 17.7 Å². The zero-order valence-corrected chi connectivity index (χ0v) is 20.9. The summed E-state index contributed by atoms with van der Waals surface area (Å²) in [6.07, 6.45) is 1.08. The average molecular weight is 510 g/mol. The molecule has 1 unspecified atom stereocenters. The molecule has 0 N–H and O–H groups in total. The lowest BCUT2D eigenvalue weighted by Crippen LogP contribution is -2.55. The number of nitrogens with zero attached hydrogens (tertiary/aromatic N) is 3. The largest absolute Gasteiger partial charge is 0.495 e. The van der Waals surface area contributed by atoms with Crippen molar-refractivity contribution in [2.75, 3.05) is 50.6 Å². The van der Waals surface area contributed by atoms with E-state index in [4.69, 9.17) is 25.8 Å². The second kappa shape index (κ2) is 9.89. The van der Waals surface area contributed by atoms with Gasteiger partial charge in [0.1, 0.15) is 11.8 Å². The van der Waals surface area contributed by atoms with Crippen LogP contribution in [0.15, 0.2) is 36.4 Å². The molecule has 0 spiro atoms. The smallest absolute Gasteiger partial charge is 0.246 e. The minimum atomic E-state index is -3.74. The van der Waals surface area contributed by atoms with E-state index in [0.29, 0.717) is 37.6 Å². The predicted molar refractivity (Wildman–Crippen MR) is 129 cm³/mol. The van der Waals surface area contributed by atoms with Gasteiger partial charge in [0, 0.05) is 32.7 Å². The maximum Gasteiger partial charge on any atom is 0.246 e. The summed E-state index contributed by atoms with van der Waals surface area (Å²) < 4.78 is 42.3. The normalized spacial score (nSPS) is 16.9. The average Bonchev–Trinajstić information content (AvgIpc) is 3.26. The Morgan fingerprint density at radius 2 is 1.82 bits per heavy atom. The lowest BCUT2D eigenvalue weighted by atomic mass is 10.1. The number of halogens is 1. The van der Waals surface area contributed by atoms with Crippen LogP contribution in [-0.2, 0) is 21.4 Å². The van der Waals surface area contributed by atoms with E-state index >= 15 is 0 Å². The monoisotopic (exact) mass is 509 g/mol. The molecular weight excluding hydrogens is 482 g/mol. The third kappa shape index (κ3) is 5.18. The Kier molecular flexibility index (Phi) is 7.11. The van der Waals surface area contributed by atoms with E-state index in [0.717, 1.165) is 34.2 Å². The summed E-state index contributed by atoms with van der Waals surface area (Å²) in [7, 11) is -2.26. The van der Waals surface area contributed by atoms with Crippen molar-refractivity contribution >= 4 is 33.2 Å². The molecule has 2 aliphatic rings. The van der Waals surface area contributed by atoms with Crippen LogP contribution in [0.5, 0.6) is 17.2 Å². The van der Waals surface area contributed by atoms with Gasteiger partial charge in [-0.05, 0) is 42.8 Å². The number of methoxy groups -OCH3 is 1. The Balaban J connectivity index is 1.41. The molecule has 1 saturated heterocycles. The molecule has 1 fully saturated rings. The van der Waals surface area contributed by atoms with Crippen LogP contribution in [0.25, 0.3) is 0 Å². The molecule has 0 saturated carbocycles. The number of anilines is 1. The van der Waals surface area contributed by atoms with E-state index in [2.05, 4.69) is 4.90 Å². The zero-order chi connectivity index (χ0) is 24.5. The van der Waals surface area contributed by atoms with E-state index < -0.39 is 16.1 Å². The lowest BCUT2D eigenvalue weighted by Gasteiger charge is -2.38. The van der Waals surface area contributed by atoms with Gasteiger partial charge in [-0.2, -0.15) is 0 Å². The number of fused-ring (bicyclic) bond motifs is 1. The Morgan fingerprint density at radius 3 is 2.47 bits per heavy atom. The highest BCUT2D eigenvalue weighted by molar-refractivity contribution is 7.92. The number of rotatable bonds is 7. The number of carbonyl (C=O) groups excluding carboxylic acids is 1. The minimum Gasteiger partial charge on any atom is -0.495 e. The maximum absolute atomic E-state index is 13.3. The summed E-state index contributed by atoms with van der Waals surface area (Å²) in [6, 6.07) is 9.64. The molecular formula is C23H28ClN3O6S. The van der Waals surface area contributed by atoms with Crippen molar-refractivity contribution in [1.29, 1.82) is 0 Å². The van der Waals surface area contributed by atoms with Gasteiger partial charge >= 0.3 is 0 Å². The molecule has 184 valence electrons. The number of amides is 1. The van der Waals surface area contributed by atoms with Crippen LogP contribution >= 0.6 is 11.6 Å². The molecule has 0 bridgehead atoms. The van der Waals surface area contributed by atoms with E-state index in [1.165, 1.54) is 13.2 Å². The van der Waals surface area contributed by atoms with Crippen LogP contribution in [0.2, 0.25) is 5.02 Å². The molecule has 0 aliphatic carbocycles. The first kappa shape index (κ1) is 24.4. The molecule has 2 heterocycles. The van der Waals surface area contributed by atoms with Gasteiger partial charge < -0.3 is 19.1 Å². The van der Waals surface area contributed by atoms with E-state index in [1.54, 1.807) is 24.0 Å². The number of carbonyl (C=O) groups is 1. The number of sulfonamides is 1. The number of ether oxygens (including phenoxy) is 3. The quantitative estimate of drug-likeness (QED) is 0.566. The van der Waals surface area contributed by atoms with Gasteiger partial charge in [0.15, 0.2) is 11.5 Å². The molecule has 0 aromatic heterocycles. The van der Waals surface area contributed by atoms with Gasteiger partial charge in [0.25, 0.3) is 0 Å². The molecule has 2 aromatic carbocycles. The van der Waals surface area contributed by atoms with Crippen molar-refractivity contribution in [3.8, 4) is 17.2 Å². The summed E-state index contributed by atoms with van der Waals surface area (Å²) in [5.41, 5.74) is 1.42. The third-order valence-electron chi connectivity index (χ3n) is 5.98. The molecule has 34 heavy (non-hydrogen) atoms. The fraction of sp³-hybridized carbons (Fsp3) is 0.435. The van der Waals surface area contributed by atoms with Gasteiger partial charge in [-0.1, -0.05) is 17.7 Å². The molecule has 1 atom stereocenters. The zero-order valence-electron chi connectivity index (χ0n) is 19.4. The Labute approximate surface area is 204 Å². The van der Waals surface area contributed by atoms with Crippen molar-refractivity contribution in [1.82, 2.24) is 9.80 Å². The molecule has 9 nitrogen and oxygen atoms in total. The highest BCUT2D eigenvalue weighted by atomic mass is 35.5. The van der Waals surface area contributed by atoms with Crippen LogP contribution in [0, 0.1) is 0 Å². The van der Waals surface area contributed by atoms with Crippen molar-refractivity contribution in [3.05, 3.63) is 47.0 Å². The Bertz CT molecular complexity index is 1170. The molecule has 2 aliphatic heterocycles. The van der Waals surface area contributed by atoms with E-state index in [9.17, 15) is 13.2 Å². The lowest BCUT2D eigenvalue weighted by molar-refractivity contribution is -0.133. The summed E-state index contributed by atoms with van der Waals surface area (Å²) in [5, 5.41) is 0.269. The van der Waals surface area contributed by atoms with Crippen LogP contribution < -0.4 is 18.5 Å². The third-order valence-corrected chi connectivity index (χ3v) is 7.52. The number of hydrogen-bond acceptors (Lipinski definition) is 7.